The molecule has 0 spiro atoms. The summed E-state index contributed by atoms with van der Waals surface area (Å²) >= 11 is 0. The minimum Gasteiger partial charge on any atom is -0.396 e. The molecular weight excluding hydrogens is 494 g/mol. The zero-order valence-electron chi connectivity index (χ0n) is 21.2. The monoisotopic (exact) mass is 526 g/mol. The van der Waals surface area contributed by atoms with Crippen LogP contribution in [0.25, 0.3) is 11.9 Å². The van der Waals surface area contributed by atoms with E-state index >= 15 is 0 Å². The van der Waals surface area contributed by atoms with E-state index in [0.717, 1.165) is 37.0 Å². The van der Waals surface area contributed by atoms with Crippen LogP contribution in [0.15, 0.2) is 36.5 Å². The first-order chi connectivity index (χ1) is 18.3. The first-order valence-electron chi connectivity index (χ1n) is 12.6. The third-order valence-electron chi connectivity index (χ3n) is 7.19. The topological polar surface area (TPSA) is 120 Å². The minimum absolute atomic E-state index is 0.0955. The number of nitrogens with two attached hydrogens (primary N) is 1. The Balaban J connectivity index is 1.21. The van der Waals surface area contributed by atoms with E-state index in [1.807, 2.05) is 22.8 Å². The molecule has 12 heteroatoms. The van der Waals surface area contributed by atoms with Gasteiger partial charge in [0.05, 0.1) is 24.6 Å². The Morgan fingerprint density at radius 1 is 1.00 bits per heavy atom. The zero-order valence-corrected chi connectivity index (χ0v) is 21.2. The number of aliphatic hydroxyl groups is 2. The van der Waals surface area contributed by atoms with Crippen molar-refractivity contribution in [2.24, 2.45) is 5.92 Å². The van der Waals surface area contributed by atoms with Crippen LogP contribution in [-0.2, 0) is 0 Å². The van der Waals surface area contributed by atoms with Gasteiger partial charge < -0.3 is 25.7 Å². The number of rotatable bonds is 7. The third-order valence-corrected chi connectivity index (χ3v) is 7.19. The summed E-state index contributed by atoms with van der Waals surface area (Å²) in [6, 6.07) is 5.40. The Morgan fingerprint density at radius 2 is 1.71 bits per heavy atom. The largest absolute Gasteiger partial charge is 0.396 e. The highest BCUT2D eigenvalue weighted by Gasteiger charge is 2.32. The van der Waals surface area contributed by atoms with E-state index in [-0.39, 0.29) is 18.5 Å². The van der Waals surface area contributed by atoms with Gasteiger partial charge in [-0.1, -0.05) is 12.2 Å². The van der Waals surface area contributed by atoms with E-state index in [2.05, 4.69) is 26.0 Å². The van der Waals surface area contributed by atoms with Crippen molar-refractivity contribution in [3.8, 4) is 5.82 Å². The van der Waals surface area contributed by atoms with Crippen molar-refractivity contribution in [1.29, 1.82) is 0 Å². The van der Waals surface area contributed by atoms with Gasteiger partial charge in [0.15, 0.2) is 5.82 Å². The van der Waals surface area contributed by atoms with Gasteiger partial charge in [0.1, 0.15) is 17.5 Å². The minimum atomic E-state index is -0.630. The van der Waals surface area contributed by atoms with Gasteiger partial charge in [-0.05, 0) is 19.1 Å². The first-order valence-corrected chi connectivity index (χ1v) is 12.6. The van der Waals surface area contributed by atoms with Crippen molar-refractivity contribution in [3.63, 3.8) is 0 Å². The van der Waals surface area contributed by atoms with E-state index in [9.17, 15) is 19.0 Å². The number of hydrogen-bond donors (Lipinski definition) is 3. The molecule has 0 aliphatic carbocycles. The lowest BCUT2D eigenvalue weighted by molar-refractivity contribution is 0.104. The molecule has 38 heavy (non-hydrogen) atoms. The van der Waals surface area contributed by atoms with Crippen molar-refractivity contribution >= 4 is 23.5 Å². The van der Waals surface area contributed by atoms with E-state index in [4.69, 9.17) is 5.73 Å². The van der Waals surface area contributed by atoms with Gasteiger partial charge in [-0.15, -0.1) is 0 Å². The summed E-state index contributed by atoms with van der Waals surface area (Å²) in [7, 11) is 0. The number of nitrogens with zero attached hydrogens (tertiary/aromatic N) is 7. The summed E-state index contributed by atoms with van der Waals surface area (Å²) < 4.78 is 28.8. The number of benzene rings is 1. The molecule has 2 aliphatic rings. The van der Waals surface area contributed by atoms with Crippen LogP contribution in [0.5, 0.6) is 0 Å². The summed E-state index contributed by atoms with van der Waals surface area (Å²) in [5, 5.41) is 24.1. The number of nitrogen functional groups attached to an aromatic ring is 1. The fraction of sp³-hybridized carbons (Fsp3) is 0.423. The quantitative estimate of drug-likeness (QED) is 0.420. The lowest BCUT2D eigenvalue weighted by atomic mass is 10.1. The Hall–Kier alpha value is -3.61. The highest BCUT2D eigenvalue weighted by Crippen LogP contribution is 2.25. The lowest BCUT2D eigenvalue weighted by Gasteiger charge is -2.35. The molecular formula is C26H32F2N8O2. The average molecular weight is 527 g/mol. The summed E-state index contributed by atoms with van der Waals surface area (Å²) in [5.74, 6) is -0.150. The van der Waals surface area contributed by atoms with Crippen LogP contribution in [0, 0.1) is 24.5 Å². The summed E-state index contributed by atoms with van der Waals surface area (Å²) in [6.45, 7) is 6.39. The number of piperazine rings is 1. The third kappa shape index (κ3) is 5.62. The van der Waals surface area contributed by atoms with Crippen molar-refractivity contribution in [3.05, 3.63) is 59.4 Å². The second kappa shape index (κ2) is 11.0. The van der Waals surface area contributed by atoms with Crippen LogP contribution < -0.4 is 15.5 Å². The summed E-state index contributed by atoms with van der Waals surface area (Å²) in [5.41, 5.74) is 8.38. The van der Waals surface area contributed by atoms with Crippen LogP contribution >= 0.6 is 0 Å². The number of halogens is 2. The smallest absolute Gasteiger partial charge is 0.224 e. The number of aliphatic hydroxyl groups excluding tert-OH is 2. The molecule has 2 aliphatic heterocycles. The fourth-order valence-corrected chi connectivity index (χ4v) is 4.99. The molecule has 0 saturated carbocycles. The maximum atomic E-state index is 13.6. The van der Waals surface area contributed by atoms with Crippen LogP contribution in [0.2, 0.25) is 0 Å². The zero-order chi connectivity index (χ0) is 26.8. The van der Waals surface area contributed by atoms with Crippen LogP contribution in [0.3, 0.4) is 0 Å². The Morgan fingerprint density at radius 3 is 2.39 bits per heavy atom. The second-order valence-corrected chi connectivity index (χ2v) is 9.77. The van der Waals surface area contributed by atoms with Gasteiger partial charge in [0.2, 0.25) is 5.95 Å². The standard InChI is InChI=1S/C26H32F2N8O2/c1-17-18(3-2-4-33-5-7-34(8-6-33)22-10-20(27)9-21(28)11-22)13-30-36(17)25-12-24(31-26(29)32-25)35-14-19(16-37)23(38)15-35/h2-3,9-13,19,23,37-38H,4-8,14-16H2,1H3,(H2,29,31,32)/b3-2+/t19-,23+/m1/s1. The predicted octanol–water partition coefficient (Wildman–Crippen LogP) is 1.46. The molecule has 0 radical (unpaired) electrons. The maximum absolute atomic E-state index is 13.6. The van der Waals surface area contributed by atoms with Crippen LogP contribution in [0.4, 0.5) is 26.2 Å². The molecule has 2 fully saturated rings. The maximum Gasteiger partial charge on any atom is 0.224 e. The van der Waals surface area contributed by atoms with Gasteiger partial charge in [-0.25, -0.2) is 13.5 Å². The lowest BCUT2D eigenvalue weighted by Crippen LogP contribution is -2.46. The second-order valence-electron chi connectivity index (χ2n) is 9.77. The van der Waals surface area contributed by atoms with E-state index < -0.39 is 17.7 Å². The van der Waals surface area contributed by atoms with Crippen LogP contribution in [0.1, 0.15) is 11.3 Å². The molecule has 0 unspecified atom stereocenters. The highest BCUT2D eigenvalue weighted by molar-refractivity contribution is 5.54. The molecule has 1 aromatic carbocycles. The molecule has 4 N–H and O–H groups in total. The van der Waals surface area contributed by atoms with E-state index in [1.54, 1.807) is 16.9 Å². The molecule has 2 atom stereocenters. The summed E-state index contributed by atoms with van der Waals surface area (Å²) in [4.78, 5) is 14.8. The summed E-state index contributed by atoms with van der Waals surface area (Å²) in [6.07, 6.45) is 5.23. The number of anilines is 3. The molecule has 5 rings (SSSR count). The SMILES string of the molecule is Cc1c(/C=C/CN2CCN(c3cc(F)cc(F)c3)CC2)cnn1-c1cc(N2C[C@H](CO)[C@@H](O)C2)nc(N)n1. The first kappa shape index (κ1) is 26.0. The Kier molecular flexibility index (Phi) is 7.54. The molecule has 0 amide bonds. The predicted molar refractivity (Wildman–Crippen MR) is 141 cm³/mol. The number of hydrogen-bond acceptors (Lipinski definition) is 9. The van der Waals surface area contributed by atoms with Gasteiger partial charge >= 0.3 is 0 Å². The van der Waals surface area contributed by atoms with E-state index in [1.165, 1.54) is 12.1 Å². The fourth-order valence-electron chi connectivity index (χ4n) is 4.99. The molecule has 3 aromatic rings. The van der Waals surface area contributed by atoms with E-state index in [0.29, 0.717) is 43.5 Å². The molecule has 0 bridgehead atoms. The Bertz CT molecular complexity index is 1290. The molecule has 10 nitrogen and oxygen atoms in total. The van der Waals surface area contributed by atoms with Gasteiger partial charge in [0, 0.05) is 75.1 Å². The van der Waals surface area contributed by atoms with Crippen LogP contribution in [-0.4, -0.2) is 93.4 Å². The van der Waals surface area contributed by atoms with Gasteiger partial charge in [-0.3, -0.25) is 4.90 Å². The molecule has 4 heterocycles. The van der Waals surface area contributed by atoms with Gasteiger partial charge in [-0.2, -0.15) is 15.1 Å². The normalized spacial score (nSPS) is 20.7. The van der Waals surface area contributed by atoms with Crippen molar-refractivity contribution < 1.29 is 19.0 Å². The molecule has 2 saturated heterocycles. The average Bonchev–Trinajstić information content (AvgIpc) is 3.45. The van der Waals surface area contributed by atoms with Crippen molar-refractivity contribution in [2.45, 2.75) is 13.0 Å². The molecule has 202 valence electrons. The highest BCUT2D eigenvalue weighted by atomic mass is 19.1. The number of aromatic nitrogens is 4. The van der Waals surface area contributed by atoms with Crippen molar-refractivity contribution in [2.75, 3.05) is 68.0 Å². The molecule has 2 aromatic heterocycles. The van der Waals surface area contributed by atoms with Crippen molar-refractivity contribution in [1.82, 2.24) is 24.6 Å². The Labute approximate surface area is 219 Å². The number of β-amino-alcohol motifs (C(OH)–C–C–N with tert-alkyl or cyclic N) is 1. The van der Waals surface area contributed by atoms with Gasteiger partial charge in [0.25, 0.3) is 0 Å².